The number of fused-ring (bicyclic) bond motifs is 1. The normalized spacial score (nSPS) is 27.2. The van der Waals surface area contributed by atoms with E-state index in [1.165, 1.54) is 32.1 Å². The van der Waals surface area contributed by atoms with E-state index >= 15 is 0 Å². The number of piperidine rings is 1. The Balaban J connectivity index is 1.81. The van der Waals surface area contributed by atoms with Crippen molar-refractivity contribution in [2.75, 3.05) is 18.0 Å². The number of aromatic nitrogens is 1. The van der Waals surface area contributed by atoms with Crippen molar-refractivity contribution in [2.24, 2.45) is 11.8 Å². The van der Waals surface area contributed by atoms with E-state index in [-0.39, 0.29) is 0 Å². The van der Waals surface area contributed by atoms with Crippen molar-refractivity contribution in [3.05, 3.63) is 21.3 Å². The molecular formula is C14H17Cl3N2. The highest BCUT2D eigenvalue weighted by molar-refractivity contribution is 6.42. The van der Waals surface area contributed by atoms with Crippen LogP contribution in [0.5, 0.6) is 0 Å². The third-order valence-corrected chi connectivity index (χ3v) is 5.41. The molecule has 1 saturated heterocycles. The second-order valence-corrected chi connectivity index (χ2v) is 6.78. The van der Waals surface area contributed by atoms with E-state index in [1.54, 1.807) is 6.07 Å². The van der Waals surface area contributed by atoms with Gasteiger partial charge in [0.1, 0.15) is 11.0 Å². The molecule has 0 N–H and O–H groups in total. The highest BCUT2D eigenvalue weighted by atomic mass is 35.5. The summed E-state index contributed by atoms with van der Waals surface area (Å²) >= 11 is 18.2. The minimum atomic E-state index is 0.340. The lowest BCUT2D eigenvalue weighted by Crippen LogP contribution is -2.42. The Morgan fingerprint density at radius 3 is 2.53 bits per heavy atom. The second-order valence-electron chi connectivity index (χ2n) is 5.61. The summed E-state index contributed by atoms with van der Waals surface area (Å²) in [6.45, 7) is 2.07. The number of anilines is 1. The molecule has 0 amide bonds. The molecule has 5 heteroatoms. The quantitative estimate of drug-likeness (QED) is 0.673. The molecule has 1 aliphatic carbocycles. The van der Waals surface area contributed by atoms with Crippen molar-refractivity contribution < 1.29 is 0 Å². The second kappa shape index (κ2) is 5.67. The van der Waals surface area contributed by atoms with Crippen LogP contribution >= 0.6 is 34.8 Å². The number of nitrogens with zero attached hydrogens (tertiary/aromatic N) is 2. The van der Waals surface area contributed by atoms with Crippen molar-refractivity contribution in [3.8, 4) is 0 Å². The van der Waals surface area contributed by atoms with Gasteiger partial charge in [0.25, 0.3) is 0 Å². The molecule has 2 fully saturated rings. The third-order valence-electron chi connectivity index (χ3n) is 4.46. The molecule has 104 valence electrons. The van der Waals surface area contributed by atoms with E-state index in [4.69, 9.17) is 34.8 Å². The smallest absolute Gasteiger partial charge is 0.150 e. The van der Waals surface area contributed by atoms with Gasteiger partial charge >= 0.3 is 0 Å². The zero-order chi connectivity index (χ0) is 13.4. The molecule has 2 heterocycles. The fraction of sp³-hybridized carbons (Fsp3) is 0.643. The lowest BCUT2D eigenvalue weighted by atomic mass is 9.75. The Morgan fingerprint density at radius 1 is 1.00 bits per heavy atom. The van der Waals surface area contributed by atoms with Gasteiger partial charge in [-0.2, -0.15) is 0 Å². The van der Waals surface area contributed by atoms with Crippen molar-refractivity contribution in [1.29, 1.82) is 0 Å². The van der Waals surface area contributed by atoms with Crippen molar-refractivity contribution in [3.63, 3.8) is 0 Å². The van der Waals surface area contributed by atoms with Crippen molar-refractivity contribution >= 4 is 40.6 Å². The van der Waals surface area contributed by atoms with Gasteiger partial charge < -0.3 is 4.90 Å². The van der Waals surface area contributed by atoms with Crippen LogP contribution < -0.4 is 4.90 Å². The van der Waals surface area contributed by atoms with Gasteiger partial charge in [-0.1, -0.05) is 54.1 Å². The lowest BCUT2D eigenvalue weighted by Gasteiger charge is -2.42. The number of hydrogen-bond acceptors (Lipinski definition) is 2. The van der Waals surface area contributed by atoms with Crippen LogP contribution in [0.15, 0.2) is 6.07 Å². The number of rotatable bonds is 1. The maximum absolute atomic E-state index is 6.26. The minimum Gasteiger partial charge on any atom is -0.355 e. The highest BCUT2D eigenvalue weighted by Gasteiger charge is 2.32. The molecule has 0 radical (unpaired) electrons. The Bertz CT molecular complexity index is 478. The standard InChI is InChI=1S/C14H17Cl3N2/c15-11-7-12(16)14(18-13(11)17)19-6-5-9-3-1-2-4-10(9)8-19/h7,9-10H,1-6,8H2. The highest BCUT2D eigenvalue weighted by Crippen LogP contribution is 2.39. The molecule has 2 aliphatic rings. The fourth-order valence-electron chi connectivity index (χ4n) is 3.45. The molecule has 0 aromatic carbocycles. The lowest BCUT2D eigenvalue weighted by molar-refractivity contribution is 0.202. The van der Waals surface area contributed by atoms with Crippen molar-refractivity contribution in [2.45, 2.75) is 32.1 Å². The van der Waals surface area contributed by atoms with Crippen LogP contribution in [0.3, 0.4) is 0 Å². The molecule has 1 saturated carbocycles. The summed E-state index contributed by atoms with van der Waals surface area (Å²) in [5, 5.41) is 1.36. The van der Waals surface area contributed by atoms with Crippen LogP contribution in [0.4, 0.5) is 5.82 Å². The molecule has 1 aromatic heterocycles. The van der Waals surface area contributed by atoms with Gasteiger partial charge in [0.05, 0.1) is 10.0 Å². The first-order valence-electron chi connectivity index (χ1n) is 6.91. The van der Waals surface area contributed by atoms with Crippen LogP contribution in [0.25, 0.3) is 0 Å². The Hall–Kier alpha value is -0.180. The fourth-order valence-corrected chi connectivity index (χ4v) is 4.06. The number of halogens is 3. The van der Waals surface area contributed by atoms with E-state index in [0.717, 1.165) is 30.7 Å². The van der Waals surface area contributed by atoms with E-state index in [2.05, 4.69) is 9.88 Å². The average molecular weight is 320 g/mol. The summed E-state index contributed by atoms with van der Waals surface area (Å²) in [5.41, 5.74) is 0. The average Bonchev–Trinajstić information content (AvgIpc) is 2.42. The molecule has 2 unspecified atom stereocenters. The van der Waals surface area contributed by atoms with E-state index < -0.39 is 0 Å². The van der Waals surface area contributed by atoms with Crippen LogP contribution in [0, 0.1) is 11.8 Å². The molecule has 1 aliphatic heterocycles. The topological polar surface area (TPSA) is 16.1 Å². The van der Waals surface area contributed by atoms with Gasteiger partial charge in [-0.3, -0.25) is 0 Å². The zero-order valence-corrected chi connectivity index (χ0v) is 13.0. The maximum atomic E-state index is 6.26. The van der Waals surface area contributed by atoms with Gasteiger partial charge in [0.15, 0.2) is 0 Å². The van der Waals surface area contributed by atoms with Gasteiger partial charge in [-0.05, 0) is 30.7 Å². The summed E-state index contributed by atoms with van der Waals surface area (Å²) in [5.74, 6) is 2.47. The van der Waals surface area contributed by atoms with Crippen LogP contribution in [0.2, 0.25) is 15.2 Å². The number of hydrogen-bond donors (Lipinski definition) is 0. The van der Waals surface area contributed by atoms with E-state index in [9.17, 15) is 0 Å². The SMILES string of the molecule is Clc1cc(Cl)c(N2CCC3CCCCC3C2)nc1Cl. The van der Waals surface area contributed by atoms with E-state index in [1.807, 2.05) is 0 Å². The molecule has 2 nitrogen and oxygen atoms in total. The first-order chi connectivity index (χ1) is 9.15. The van der Waals surface area contributed by atoms with E-state index in [0.29, 0.717) is 15.2 Å². The first kappa shape index (κ1) is 13.8. The monoisotopic (exact) mass is 318 g/mol. The molecule has 0 spiro atoms. The predicted octanol–water partition coefficient (Wildman–Crippen LogP) is 5.06. The third kappa shape index (κ3) is 2.81. The predicted molar refractivity (Wildman–Crippen MR) is 81.5 cm³/mol. The Morgan fingerprint density at radius 2 is 1.74 bits per heavy atom. The molecule has 2 atom stereocenters. The summed E-state index contributed by atoms with van der Waals surface area (Å²) in [7, 11) is 0. The maximum Gasteiger partial charge on any atom is 0.150 e. The molecular weight excluding hydrogens is 303 g/mol. The Labute approximate surface area is 129 Å². The van der Waals surface area contributed by atoms with Crippen molar-refractivity contribution in [1.82, 2.24) is 4.98 Å². The summed E-state index contributed by atoms with van der Waals surface area (Å²) in [4.78, 5) is 6.64. The minimum absolute atomic E-state index is 0.340. The molecule has 3 rings (SSSR count). The zero-order valence-electron chi connectivity index (χ0n) is 10.7. The van der Waals surface area contributed by atoms with Crippen LogP contribution in [-0.4, -0.2) is 18.1 Å². The number of pyridine rings is 1. The largest absolute Gasteiger partial charge is 0.355 e. The van der Waals surface area contributed by atoms with Crippen LogP contribution in [-0.2, 0) is 0 Å². The van der Waals surface area contributed by atoms with Crippen LogP contribution in [0.1, 0.15) is 32.1 Å². The van der Waals surface area contributed by atoms with Gasteiger partial charge in [-0.25, -0.2) is 4.98 Å². The molecule has 1 aromatic rings. The Kier molecular flexibility index (Phi) is 4.11. The summed E-state index contributed by atoms with van der Waals surface area (Å²) < 4.78 is 0. The van der Waals surface area contributed by atoms with Gasteiger partial charge in [-0.15, -0.1) is 0 Å². The summed E-state index contributed by atoms with van der Waals surface area (Å²) in [6.07, 6.45) is 6.72. The summed E-state index contributed by atoms with van der Waals surface area (Å²) in [6, 6.07) is 1.70. The van der Waals surface area contributed by atoms with Gasteiger partial charge in [0.2, 0.25) is 0 Å². The molecule has 0 bridgehead atoms. The van der Waals surface area contributed by atoms with Gasteiger partial charge in [0, 0.05) is 13.1 Å². The first-order valence-corrected chi connectivity index (χ1v) is 8.05. The molecule has 19 heavy (non-hydrogen) atoms.